The van der Waals surface area contributed by atoms with Crippen LogP contribution in [0.2, 0.25) is 0 Å². The zero-order chi connectivity index (χ0) is 11.7. The van der Waals surface area contributed by atoms with Crippen molar-refractivity contribution in [3.05, 3.63) is 33.9 Å². The van der Waals surface area contributed by atoms with Crippen molar-refractivity contribution in [2.45, 2.75) is 18.9 Å². The highest BCUT2D eigenvalue weighted by Gasteiger charge is 2.24. The predicted octanol–water partition coefficient (Wildman–Crippen LogP) is 1.23. The number of primary amides is 1. The summed E-state index contributed by atoms with van der Waals surface area (Å²) < 4.78 is 5.39. The van der Waals surface area contributed by atoms with Gasteiger partial charge in [0.25, 0.3) is 5.69 Å². The van der Waals surface area contributed by atoms with Gasteiger partial charge in [-0.3, -0.25) is 14.9 Å². The molecule has 1 saturated carbocycles. The number of rotatable bonds is 4. The van der Waals surface area contributed by atoms with Crippen LogP contribution in [0.4, 0.5) is 5.69 Å². The summed E-state index contributed by atoms with van der Waals surface area (Å²) in [6.07, 6.45) is 1.99. The van der Waals surface area contributed by atoms with Crippen molar-refractivity contribution >= 4 is 11.6 Å². The largest absolute Gasteiger partial charge is 0.490 e. The Labute approximate surface area is 91.2 Å². The van der Waals surface area contributed by atoms with Crippen molar-refractivity contribution in [2.75, 3.05) is 0 Å². The third-order valence-corrected chi connectivity index (χ3v) is 2.21. The number of hydrogen-bond donors (Lipinski definition) is 1. The second kappa shape index (κ2) is 3.80. The Balaban J connectivity index is 2.35. The van der Waals surface area contributed by atoms with Crippen LogP contribution >= 0.6 is 0 Å². The maximum absolute atomic E-state index is 11.0. The molecular formula is C10H10N2O4. The van der Waals surface area contributed by atoms with E-state index in [2.05, 4.69) is 0 Å². The lowest BCUT2D eigenvalue weighted by Gasteiger charge is -2.05. The van der Waals surface area contributed by atoms with E-state index >= 15 is 0 Å². The molecule has 6 heteroatoms. The fourth-order valence-electron chi connectivity index (χ4n) is 1.28. The summed E-state index contributed by atoms with van der Waals surface area (Å²) in [6, 6.07) is 3.86. The molecule has 1 aliphatic rings. The molecule has 1 amide bonds. The number of nitrogens with zero attached hydrogens (tertiary/aromatic N) is 1. The van der Waals surface area contributed by atoms with Gasteiger partial charge < -0.3 is 10.5 Å². The van der Waals surface area contributed by atoms with Crippen molar-refractivity contribution in [3.63, 3.8) is 0 Å². The molecule has 1 aromatic carbocycles. The molecule has 2 N–H and O–H groups in total. The van der Waals surface area contributed by atoms with E-state index in [1.807, 2.05) is 0 Å². The summed E-state index contributed by atoms with van der Waals surface area (Å²) >= 11 is 0. The van der Waals surface area contributed by atoms with E-state index in [1.165, 1.54) is 12.1 Å². The van der Waals surface area contributed by atoms with Crippen molar-refractivity contribution in [3.8, 4) is 5.75 Å². The SMILES string of the molecule is NC(=O)c1cc(OC2CC2)cc([N+](=O)[O-])c1. The Morgan fingerprint density at radius 3 is 2.62 bits per heavy atom. The topological polar surface area (TPSA) is 95.5 Å². The van der Waals surface area contributed by atoms with Gasteiger partial charge in [-0.2, -0.15) is 0 Å². The van der Waals surface area contributed by atoms with Gasteiger partial charge in [-0.25, -0.2) is 0 Å². The third-order valence-electron chi connectivity index (χ3n) is 2.21. The maximum Gasteiger partial charge on any atom is 0.273 e. The molecule has 16 heavy (non-hydrogen) atoms. The van der Waals surface area contributed by atoms with E-state index in [9.17, 15) is 14.9 Å². The van der Waals surface area contributed by atoms with Crippen LogP contribution in [0, 0.1) is 10.1 Å². The number of carbonyl (C=O) groups is 1. The van der Waals surface area contributed by atoms with Crippen LogP contribution in [0.5, 0.6) is 5.75 Å². The Morgan fingerprint density at radius 1 is 1.44 bits per heavy atom. The van der Waals surface area contributed by atoms with Gasteiger partial charge in [-0.1, -0.05) is 0 Å². The van der Waals surface area contributed by atoms with Gasteiger partial charge in [0.2, 0.25) is 5.91 Å². The number of ether oxygens (including phenoxy) is 1. The predicted molar refractivity (Wildman–Crippen MR) is 55.3 cm³/mol. The Kier molecular flexibility index (Phi) is 2.47. The molecule has 0 saturated heterocycles. The number of hydrogen-bond acceptors (Lipinski definition) is 4. The van der Waals surface area contributed by atoms with Crippen molar-refractivity contribution in [2.24, 2.45) is 5.73 Å². The van der Waals surface area contributed by atoms with Crippen LogP contribution in [-0.2, 0) is 0 Å². The summed E-state index contributed by atoms with van der Waals surface area (Å²) in [7, 11) is 0. The maximum atomic E-state index is 11.0. The molecule has 0 unspecified atom stereocenters. The molecule has 0 aliphatic heterocycles. The summed E-state index contributed by atoms with van der Waals surface area (Å²) in [5.74, 6) is -0.380. The number of nitro groups is 1. The van der Waals surface area contributed by atoms with Gasteiger partial charge in [-0.05, 0) is 18.9 Å². The van der Waals surface area contributed by atoms with Crippen molar-refractivity contribution in [1.29, 1.82) is 0 Å². The number of nitro benzene ring substituents is 1. The normalized spacial score (nSPS) is 14.5. The lowest BCUT2D eigenvalue weighted by atomic mass is 10.2. The first kappa shape index (κ1) is 10.4. The first-order chi connectivity index (χ1) is 7.56. The van der Waals surface area contributed by atoms with Crippen molar-refractivity contribution in [1.82, 2.24) is 0 Å². The zero-order valence-electron chi connectivity index (χ0n) is 8.38. The minimum absolute atomic E-state index is 0.0878. The molecule has 1 aromatic rings. The molecule has 0 aromatic heterocycles. The molecule has 84 valence electrons. The summed E-state index contributed by atoms with van der Waals surface area (Å²) in [5, 5.41) is 10.6. The molecule has 1 aliphatic carbocycles. The standard InChI is InChI=1S/C10H10N2O4/c11-10(13)6-3-7(12(14)15)5-9(4-6)16-8-1-2-8/h3-5,8H,1-2H2,(H2,11,13). The number of benzene rings is 1. The molecule has 1 fully saturated rings. The van der Waals surface area contributed by atoms with E-state index in [1.54, 1.807) is 0 Å². The Bertz CT molecular complexity index is 422. The fourth-order valence-corrected chi connectivity index (χ4v) is 1.28. The highest BCUT2D eigenvalue weighted by Crippen LogP contribution is 2.29. The zero-order valence-corrected chi connectivity index (χ0v) is 8.38. The van der Waals surface area contributed by atoms with Crippen LogP contribution in [0.3, 0.4) is 0 Å². The molecule has 0 radical (unpaired) electrons. The minimum Gasteiger partial charge on any atom is -0.490 e. The van der Waals surface area contributed by atoms with Gasteiger partial charge in [0.1, 0.15) is 5.75 Å². The van der Waals surface area contributed by atoms with E-state index in [0.29, 0.717) is 5.75 Å². The number of non-ortho nitro benzene ring substituents is 1. The smallest absolute Gasteiger partial charge is 0.273 e. The van der Waals surface area contributed by atoms with E-state index < -0.39 is 10.8 Å². The van der Waals surface area contributed by atoms with Gasteiger partial charge in [0.05, 0.1) is 17.1 Å². The fraction of sp³-hybridized carbons (Fsp3) is 0.300. The minimum atomic E-state index is -0.704. The van der Waals surface area contributed by atoms with Crippen LogP contribution < -0.4 is 10.5 Å². The lowest BCUT2D eigenvalue weighted by molar-refractivity contribution is -0.385. The molecule has 0 heterocycles. The number of nitrogens with two attached hydrogens (primary N) is 1. The van der Waals surface area contributed by atoms with Gasteiger partial charge in [-0.15, -0.1) is 0 Å². The lowest BCUT2D eigenvalue weighted by Crippen LogP contribution is -2.11. The second-order valence-corrected chi connectivity index (χ2v) is 3.65. The summed E-state index contributed by atoms with van der Waals surface area (Å²) in [5.41, 5.74) is 4.98. The van der Waals surface area contributed by atoms with Crippen molar-refractivity contribution < 1.29 is 14.5 Å². The van der Waals surface area contributed by atoms with E-state index in [0.717, 1.165) is 18.9 Å². The monoisotopic (exact) mass is 222 g/mol. The molecule has 0 spiro atoms. The average Bonchev–Trinajstić information content (AvgIpc) is 3.01. The second-order valence-electron chi connectivity index (χ2n) is 3.65. The van der Waals surface area contributed by atoms with Crippen LogP contribution in [0.1, 0.15) is 23.2 Å². The van der Waals surface area contributed by atoms with Gasteiger partial charge in [0.15, 0.2) is 0 Å². The van der Waals surface area contributed by atoms with Crippen LogP contribution in [-0.4, -0.2) is 16.9 Å². The van der Waals surface area contributed by atoms with Gasteiger partial charge in [0, 0.05) is 11.6 Å². The van der Waals surface area contributed by atoms with Crippen LogP contribution in [0.25, 0.3) is 0 Å². The first-order valence-electron chi connectivity index (χ1n) is 4.82. The number of amides is 1. The number of carbonyl (C=O) groups excluding carboxylic acids is 1. The quantitative estimate of drug-likeness (QED) is 0.612. The Hall–Kier alpha value is -2.11. The highest BCUT2D eigenvalue weighted by molar-refractivity contribution is 5.93. The van der Waals surface area contributed by atoms with Gasteiger partial charge >= 0.3 is 0 Å². The Morgan fingerprint density at radius 2 is 2.12 bits per heavy atom. The van der Waals surface area contributed by atoms with E-state index in [4.69, 9.17) is 10.5 Å². The molecule has 2 rings (SSSR count). The van der Waals surface area contributed by atoms with E-state index in [-0.39, 0.29) is 17.4 Å². The molecular weight excluding hydrogens is 212 g/mol. The van der Waals surface area contributed by atoms with Crippen LogP contribution in [0.15, 0.2) is 18.2 Å². The molecule has 0 atom stereocenters. The summed E-state index contributed by atoms with van der Waals surface area (Å²) in [4.78, 5) is 21.0. The first-order valence-corrected chi connectivity index (χ1v) is 4.82. The third kappa shape index (κ3) is 2.28. The molecule has 0 bridgehead atoms. The average molecular weight is 222 g/mol. The summed E-state index contributed by atoms with van der Waals surface area (Å²) in [6.45, 7) is 0. The molecule has 6 nitrogen and oxygen atoms in total. The highest BCUT2D eigenvalue weighted by atomic mass is 16.6.